The van der Waals surface area contributed by atoms with Gasteiger partial charge in [-0.1, -0.05) is 37.3 Å². The van der Waals surface area contributed by atoms with Gasteiger partial charge in [0.2, 0.25) is 0 Å². The molecule has 1 N–H and O–H groups in total. The van der Waals surface area contributed by atoms with Crippen LogP contribution in [0.25, 0.3) is 11.1 Å². The van der Waals surface area contributed by atoms with Gasteiger partial charge >= 0.3 is 6.18 Å². The number of rotatable bonds is 3. The van der Waals surface area contributed by atoms with E-state index in [1.807, 2.05) is 6.92 Å². The van der Waals surface area contributed by atoms with Gasteiger partial charge in [-0.05, 0) is 48.6 Å². The summed E-state index contributed by atoms with van der Waals surface area (Å²) in [5.41, 5.74) is -0.665. The van der Waals surface area contributed by atoms with Crippen molar-refractivity contribution in [3.8, 4) is 11.1 Å². The van der Waals surface area contributed by atoms with Crippen LogP contribution in [0.1, 0.15) is 42.1 Å². The third kappa shape index (κ3) is 4.16. The van der Waals surface area contributed by atoms with Crippen molar-refractivity contribution in [3.05, 3.63) is 59.7 Å². The first-order chi connectivity index (χ1) is 12.7. The van der Waals surface area contributed by atoms with Crippen molar-refractivity contribution in [2.24, 2.45) is 0 Å². The predicted molar refractivity (Wildman–Crippen MR) is 97.3 cm³/mol. The Balaban J connectivity index is 1.83. The molecule has 144 valence electrons. The predicted octanol–water partition coefficient (Wildman–Crippen LogP) is 4.75. The van der Waals surface area contributed by atoms with E-state index < -0.39 is 17.3 Å². The van der Waals surface area contributed by atoms with Gasteiger partial charge in [0.15, 0.2) is 0 Å². The Hall–Kier alpha value is -2.34. The lowest BCUT2D eigenvalue weighted by Gasteiger charge is -2.38. The first kappa shape index (κ1) is 19.4. The van der Waals surface area contributed by atoms with E-state index in [0.29, 0.717) is 30.5 Å². The molecule has 6 heteroatoms. The van der Waals surface area contributed by atoms with E-state index in [1.54, 1.807) is 23.1 Å². The van der Waals surface area contributed by atoms with E-state index in [0.717, 1.165) is 12.5 Å². The van der Waals surface area contributed by atoms with E-state index in [-0.39, 0.29) is 18.0 Å². The molecule has 2 aromatic carbocycles. The van der Waals surface area contributed by atoms with Gasteiger partial charge < -0.3 is 10.0 Å². The number of nitrogens with zero attached hydrogens (tertiary/aromatic N) is 1. The lowest BCUT2D eigenvalue weighted by Crippen LogP contribution is -2.49. The molecule has 0 bridgehead atoms. The largest absolute Gasteiger partial charge is 0.417 e. The van der Waals surface area contributed by atoms with E-state index >= 15 is 0 Å². The van der Waals surface area contributed by atoms with Gasteiger partial charge in [0, 0.05) is 18.7 Å². The number of likely N-dealkylation sites (tertiary alicyclic amines) is 1. The Kier molecular flexibility index (Phi) is 5.29. The number of benzene rings is 2. The van der Waals surface area contributed by atoms with Gasteiger partial charge in [-0.3, -0.25) is 4.79 Å². The Morgan fingerprint density at radius 1 is 1.15 bits per heavy atom. The lowest BCUT2D eigenvalue weighted by atomic mass is 9.90. The summed E-state index contributed by atoms with van der Waals surface area (Å²) in [5, 5.41) is 10.4. The highest BCUT2D eigenvalue weighted by Gasteiger charge is 2.35. The molecule has 27 heavy (non-hydrogen) atoms. The number of carbonyl (C=O) groups is 1. The lowest BCUT2D eigenvalue weighted by molar-refractivity contribution is -0.137. The van der Waals surface area contributed by atoms with Crippen LogP contribution >= 0.6 is 0 Å². The second-order valence-corrected chi connectivity index (χ2v) is 7.03. The van der Waals surface area contributed by atoms with Crippen LogP contribution < -0.4 is 0 Å². The first-order valence-corrected chi connectivity index (χ1v) is 9.02. The van der Waals surface area contributed by atoms with Crippen molar-refractivity contribution < 1.29 is 23.1 Å². The molecule has 0 spiro atoms. The zero-order valence-corrected chi connectivity index (χ0v) is 15.1. The summed E-state index contributed by atoms with van der Waals surface area (Å²) in [4.78, 5) is 14.3. The summed E-state index contributed by atoms with van der Waals surface area (Å²) in [6.45, 7) is 2.74. The summed E-state index contributed by atoms with van der Waals surface area (Å²) >= 11 is 0. The van der Waals surface area contributed by atoms with Crippen LogP contribution in [0.15, 0.2) is 48.5 Å². The zero-order chi connectivity index (χ0) is 19.7. The van der Waals surface area contributed by atoms with Gasteiger partial charge in [-0.15, -0.1) is 0 Å². The third-order valence-corrected chi connectivity index (χ3v) is 5.18. The van der Waals surface area contributed by atoms with E-state index in [9.17, 15) is 23.1 Å². The SMILES string of the molecule is CC[C@@]1(O)CCCN(C(=O)c2ccc(-c3ccccc3C(F)(F)F)cc2)C1. The molecular weight excluding hydrogens is 355 g/mol. The normalized spacial score (nSPS) is 20.6. The molecule has 0 aromatic heterocycles. The fourth-order valence-electron chi connectivity index (χ4n) is 3.53. The summed E-state index contributed by atoms with van der Waals surface area (Å²) < 4.78 is 39.6. The van der Waals surface area contributed by atoms with Crippen molar-refractivity contribution in [3.63, 3.8) is 0 Å². The number of amides is 1. The van der Waals surface area contributed by atoms with Crippen LogP contribution in [0.4, 0.5) is 13.2 Å². The molecule has 1 aliphatic rings. The smallest absolute Gasteiger partial charge is 0.388 e. The van der Waals surface area contributed by atoms with Gasteiger partial charge in [-0.2, -0.15) is 13.2 Å². The highest BCUT2D eigenvalue weighted by molar-refractivity contribution is 5.95. The minimum absolute atomic E-state index is 0.0855. The molecule has 1 aliphatic heterocycles. The van der Waals surface area contributed by atoms with Crippen LogP contribution in [-0.4, -0.2) is 34.6 Å². The number of halogens is 3. The van der Waals surface area contributed by atoms with Crippen molar-refractivity contribution in [2.45, 2.75) is 38.0 Å². The second kappa shape index (κ2) is 7.35. The van der Waals surface area contributed by atoms with Crippen molar-refractivity contribution in [1.29, 1.82) is 0 Å². The monoisotopic (exact) mass is 377 g/mol. The molecule has 1 amide bonds. The quantitative estimate of drug-likeness (QED) is 0.839. The molecule has 1 atom stereocenters. The Morgan fingerprint density at radius 2 is 1.81 bits per heavy atom. The fourth-order valence-corrected chi connectivity index (χ4v) is 3.53. The van der Waals surface area contributed by atoms with E-state index in [1.165, 1.54) is 24.3 Å². The summed E-state index contributed by atoms with van der Waals surface area (Å²) in [5.74, 6) is -0.211. The van der Waals surface area contributed by atoms with Crippen LogP contribution in [-0.2, 0) is 6.18 Å². The average molecular weight is 377 g/mol. The zero-order valence-electron chi connectivity index (χ0n) is 15.1. The molecule has 1 saturated heterocycles. The fraction of sp³-hybridized carbons (Fsp3) is 0.381. The number of hydrogen-bond donors (Lipinski definition) is 1. The van der Waals surface area contributed by atoms with Crippen LogP contribution in [0.2, 0.25) is 0 Å². The third-order valence-electron chi connectivity index (χ3n) is 5.18. The minimum Gasteiger partial charge on any atom is -0.388 e. The standard InChI is InChI=1S/C21H22F3NO2/c1-2-20(27)12-5-13-25(14-20)19(26)16-10-8-15(9-11-16)17-6-3-4-7-18(17)21(22,23)24/h3-4,6-11,27H,2,5,12-14H2,1H3/t20-/m1/s1. The maximum atomic E-state index is 13.2. The van der Waals surface area contributed by atoms with E-state index in [4.69, 9.17) is 0 Å². The summed E-state index contributed by atoms with van der Waals surface area (Å²) in [6, 6.07) is 11.5. The number of piperidine rings is 1. The molecule has 0 unspecified atom stereocenters. The molecule has 0 aliphatic carbocycles. The number of aliphatic hydroxyl groups is 1. The highest BCUT2D eigenvalue weighted by atomic mass is 19.4. The summed E-state index contributed by atoms with van der Waals surface area (Å²) in [6.07, 6.45) is -2.47. The van der Waals surface area contributed by atoms with Crippen LogP contribution in [0, 0.1) is 0 Å². The summed E-state index contributed by atoms with van der Waals surface area (Å²) in [7, 11) is 0. The number of hydrogen-bond acceptors (Lipinski definition) is 2. The van der Waals surface area contributed by atoms with Crippen molar-refractivity contribution in [2.75, 3.05) is 13.1 Å². The van der Waals surface area contributed by atoms with E-state index in [2.05, 4.69) is 0 Å². The van der Waals surface area contributed by atoms with Gasteiger partial charge in [0.25, 0.3) is 5.91 Å². The van der Waals surface area contributed by atoms with Crippen molar-refractivity contribution >= 4 is 5.91 Å². The highest BCUT2D eigenvalue weighted by Crippen LogP contribution is 2.37. The Labute approximate surface area is 156 Å². The molecule has 0 saturated carbocycles. The Bertz CT molecular complexity index is 817. The molecule has 1 heterocycles. The second-order valence-electron chi connectivity index (χ2n) is 7.03. The van der Waals surface area contributed by atoms with Crippen molar-refractivity contribution in [1.82, 2.24) is 4.90 Å². The minimum atomic E-state index is -4.44. The number of carbonyl (C=O) groups excluding carboxylic acids is 1. The first-order valence-electron chi connectivity index (χ1n) is 9.02. The number of alkyl halides is 3. The Morgan fingerprint density at radius 3 is 2.44 bits per heavy atom. The van der Waals surface area contributed by atoms with Gasteiger partial charge in [-0.25, -0.2) is 0 Å². The van der Waals surface area contributed by atoms with Gasteiger partial charge in [0.05, 0.1) is 11.2 Å². The maximum absolute atomic E-state index is 13.2. The molecule has 3 rings (SSSR count). The van der Waals surface area contributed by atoms with Gasteiger partial charge in [0.1, 0.15) is 0 Å². The van der Waals surface area contributed by atoms with Crippen LogP contribution in [0.5, 0.6) is 0 Å². The van der Waals surface area contributed by atoms with Crippen LogP contribution in [0.3, 0.4) is 0 Å². The topological polar surface area (TPSA) is 40.5 Å². The maximum Gasteiger partial charge on any atom is 0.417 e. The number of β-amino-alcohol motifs (C(OH)–C–C–N with tert-alkyl or cyclic N) is 1. The molecule has 3 nitrogen and oxygen atoms in total. The average Bonchev–Trinajstić information content (AvgIpc) is 2.67. The molecule has 2 aromatic rings. The molecule has 1 fully saturated rings. The molecular formula is C21H22F3NO2. The molecule has 0 radical (unpaired) electrons.